The van der Waals surface area contributed by atoms with Gasteiger partial charge < -0.3 is 15.7 Å². The zero-order valence-electron chi connectivity index (χ0n) is 15.1. The second-order valence-corrected chi connectivity index (χ2v) is 7.67. The number of alkyl halides is 4. The van der Waals surface area contributed by atoms with Crippen LogP contribution in [0.3, 0.4) is 0 Å². The van der Waals surface area contributed by atoms with Gasteiger partial charge in [-0.1, -0.05) is 0 Å². The predicted octanol–water partition coefficient (Wildman–Crippen LogP) is 3.33. The zero-order valence-corrected chi connectivity index (χ0v) is 16.1. The molecule has 1 aromatic rings. The van der Waals surface area contributed by atoms with E-state index in [1.807, 2.05) is 0 Å². The van der Waals surface area contributed by atoms with Gasteiger partial charge in [-0.25, -0.2) is 17.6 Å². The van der Waals surface area contributed by atoms with Crippen molar-refractivity contribution in [3.05, 3.63) is 11.9 Å². The van der Waals surface area contributed by atoms with Crippen LogP contribution in [0, 0.1) is 0 Å². The van der Waals surface area contributed by atoms with Crippen LogP contribution >= 0.6 is 13.5 Å². The average molecular weight is 421 g/mol. The van der Waals surface area contributed by atoms with Crippen molar-refractivity contribution in [3.63, 3.8) is 0 Å². The molecular formula is C17H23F4N5OS. The van der Waals surface area contributed by atoms with Crippen molar-refractivity contribution in [3.8, 4) is 0 Å². The first kappa shape index (κ1) is 21.1. The molecule has 0 spiro atoms. The highest BCUT2D eigenvalue weighted by molar-refractivity contribution is 7.59. The zero-order chi connectivity index (χ0) is 19.2. The third kappa shape index (κ3) is 4.86. The molecule has 3 N–H and O–H groups in total. The van der Waals surface area contributed by atoms with Crippen molar-refractivity contribution in [2.45, 2.75) is 75.0 Å². The summed E-state index contributed by atoms with van der Waals surface area (Å²) in [6.07, 6.45) is 1.98. The largest absolute Gasteiger partial charge is 0.389 e. The van der Waals surface area contributed by atoms with Gasteiger partial charge >= 0.3 is 0 Å². The first-order valence-electron chi connectivity index (χ1n) is 9.11. The highest BCUT2D eigenvalue weighted by Crippen LogP contribution is 2.40. The fourth-order valence-corrected chi connectivity index (χ4v) is 3.63. The summed E-state index contributed by atoms with van der Waals surface area (Å²) in [4.78, 5) is 12.8. The molecule has 2 fully saturated rings. The van der Waals surface area contributed by atoms with Crippen molar-refractivity contribution in [2.24, 2.45) is 0 Å². The van der Waals surface area contributed by atoms with E-state index in [2.05, 4.69) is 25.6 Å². The average Bonchev–Trinajstić information content (AvgIpc) is 2.51. The number of hydrogen-bond acceptors (Lipinski definition) is 6. The Hall–Kier alpha value is -1.62. The van der Waals surface area contributed by atoms with Crippen molar-refractivity contribution >= 4 is 31.0 Å². The van der Waals surface area contributed by atoms with E-state index < -0.39 is 30.0 Å². The van der Waals surface area contributed by atoms with Gasteiger partial charge in [0.2, 0.25) is 11.9 Å². The maximum Gasteiger partial charge on any atom is 0.252 e. The highest BCUT2D eigenvalue weighted by atomic mass is 32.1. The Kier molecular flexibility index (Phi) is 5.77. The molecule has 11 heteroatoms. The minimum atomic E-state index is -2.68. The molecule has 1 aromatic heterocycles. The van der Waals surface area contributed by atoms with Crippen LogP contribution in [0.2, 0.25) is 0 Å². The minimum absolute atomic E-state index is 0. The third-order valence-electron chi connectivity index (χ3n) is 5.11. The number of halogens is 4. The van der Waals surface area contributed by atoms with Crippen LogP contribution in [0.25, 0.3) is 5.57 Å². The third-order valence-corrected chi connectivity index (χ3v) is 5.11. The summed E-state index contributed by atoms with van der Waals surface area (Å²) in [5.74, 6) is -4.76. The summed E-state index contributed by atoms with van der Waals surface area (Å²) in [6, 6.07) is -0.885. The van der Waals surface area contributed by atoms with Gasteiger partial charge in [-0.15, -0.1) is 0 Å². The lowest BCUT2D eigenvalue weighted by Gasteiger charge is -2.36. The number of anilines is 2. The van der Waals surface area contributed by atoms with E-state index in [-0.39, 0.29) is 51.1 Å². The maximum atomic E-state index is 13.1. The van der Waals surface area contributed by atoms with Crippen LogP contribution in [0.5, 0.6) is 0 Å². The molecule has 1 atom stereocenters. The molecule has 0 aromatic carbocycles. The Bertz CT molecular complexity index is 703. The SMILES string of the molecule is O[C@@H]1C=C(c2nc(NC3CC(F)(F)C3)nc(NC3CC(F)(F)C3)n2)CCC1.S. The molecule has 6 nitrogen and oxygen atoms in total. The molecule has 28 heavy (non-hydrogen) atoms. The van der Waals surface area contributed by atoms with Crippen molar-refractivity contribution in [2.75, 3.05) is 10.6 Å². The van der Waals surface area contributed by atoms with Crippen LogP contribution in [0.15, 0.2) is 6.08 Å². The molecule has 4 rings (SSSR count). The van der Waals surface area contributed by atoms with Gasteiger partial charge in [0.05, 0.1) is 6.10 Å². The van der Waals surface area contributed by atoms with E-state index in [0.29, 0.717) is 18.7 Å². The van der Waals surface area contributed by atoms with Crippen molar-refractivity contribution in [1.29, 1.82) is 0 Å². The first-order chi connectivity index (χ1) is 12.7. The van der Waals surface area contributed by atoms with Crippen LogP contribution in [-0.4, -0.2) is 50.1 Å². The van der Waals surface area contributed by atoms with Crippen LogP contribution in [0.1, 0.15) is 50.8 Å². The lowest BCUT2D eigenvalue weighted by Crippen LogP contribution is -2.45. The number of nitrogens with zero attached hydrogens (tertiary/aromatic N) is 3. The first-order valence-corrected chi connectivity index (χ1v) is 9.11. The van der Waals surface area contributed by atoms with Gasteiger partial charge in [0.1, 0.15) is 0 Å². The number of nitrogens with one attached hydrogen (secondary N) is 2. The maximum absolute atomic E-state index is 13.1. The van der Waals surface area contributed by atoms with Gasteiger partial charge in [0.25, 0.3) is 11.8 Å². The van der Waals surface area contributed by atoms with E-state index in [4.69, 9.17) is 0 Å². The monoisotopic (exact) mass is 421 g/mol. The molecule has 0 radical (unpaired) electrons. The number of hydrogen-bond donors (Lipinski definition) is 3. The van der Waals surface area contributed by atoms with E-state index >= 15 is 0 Å². The minimum Gasteiger partial charge on any atom is -0.389 e. The van der Waals surface area contributed by atoms with Gasteiger partial charge in [-0.2, -0.15) is 28.4 Å². The fourth-order valence-electron chi connectivity index (χ4n) is 3.63. The van der Waals surface area contributed by atoms with Crippen LogP contribution in [0.4, 0.5) is 29.5 Å². The standard InChI is InChI=1S/C17H21F4N5O.H2S/c18-16(19)5-10(6-16)22-14-24-13(9-2-1-3-12(27)4-9)25-15(26-14)23-11-7-17(20,21)8-11;/h4,10-12,27H,1-3,5-8H2,(H2,22,23,24,25,26);1H2/t12-;/m0./s1. The lowest BCUT2D eigenvalue weighted by molar-refractivity contribution is -0.0799. The summed E-state index contributed by atoms with van der Waals surface area (Å²) in [7, 11) is 0. The van der Waals surface area contributed by atoms with E-state index in [1.54, 1.807) is 6.08 Å². The number of allylic oxidation sites excluding steroid dienone is 1. The molecular weight excluding hydrogens is 398 g/mol. The Morgan fingerprint density at radius 2 is 1.39 bits per heavy atom. The summed E-state index contributed by atoms with van der Waals surface area (Å²) in [5.41, 5.74) is 0.736. The molecule has 156 valence electrons. The Balaban J connectivity index is 0.00000225. The summed E-state index contributed by atoms with van der Waals surface area (Å²) >= 11 is 0. The Morgan fingerprint density at radius 3 is 1.82 bits per heavy atom. The number of aromatic nitrogens is 3. The Morgan fingerprint density at radius 1 is 0.893 bits per heavy atom. The summed E-state index contributed by atoms with van der Waals surface area (Å²) in [6.45, 7) is 0. The Labute approximate surface area is 166 Å². The number of aliphatic hydroxyl groups excluding tert-OH is 1. The molecule has 2 saturated carbocycles. The second-order valence-electron chi connectivity index (χ2n) is 7.67. The van der Waals surface area contributed by atoms with E-state index in [9.17, 15) is 22.7 Å². The summed E-state index contributed by atoms with van der Waals surface area (Å²) < 4.78 is 52.3. The van der Waals surface area contributed by atoms with Gasteiger partial charge in [0.15, 0.2) is 5.82 Å². The highest BCUT2D eigenvalue weighted by Gasteiger charge is 2.46. The molecule has 1 heterocycles. The topological polar surface area (TPSA) is 83.0 Å². The number of aliphatic hydroxyl groups is 1. The fraction of sp³-hybridized carbons (Fsp3) is 0.706. The molecule has 0 bridgehead atoms. The second kappa shape index (κ2) is 7.66. The molecule has 0 saturated heterocycles. The van der Waals surface area contributed by atoms with Crippen LogP contribution < -0.4 is 10.6 Å². The van der Waals surface area contributed by atoms with Gasteiger partial charge in [0, 0.05) is 37.8 Å². The number of rotatable bonds is 5. The van der Waals surface area contributed by atoms with E-state index in [1.165, 1.54) is 0 Å². The molecule has 3 aliphatic rings. The normalized spacial score (nSPS) is 26.3. The molecule has 0 unspecified atom stereocenters. The molecule has 0 amide bonds. The predicted molar refractivity (Wildman–Crippen MR) is 101 cm³/mol. The van der Waals surface area contributed by atoms with Gasteiger partial charge in [-0.3, -0.25) is 0 Å². The quantitative estimate of drug-likeness (QED) is 0.633. The van der Waals surface area contributed by atoms with Crippen molar-refractivity contribution < 1.29 is 22.7 Å². The molecule has 3 aliphatic carbocycles. The molecule has 0 aliphatic heterocycles. The van der Waals surface area contributed by atoms with Gasteiger partial charge in [-0.05, 0) is 30.9 Å². The van der Waals surface area contributed by atoms with E-state index in [0.717, 1.165) is 12.0 Å². The summed E-state index contributed by atoms with van der Waals surface area (Å²) in [5, 5.41) is 15.6. The van der Waals surface area contributed by atoms with Crippen molar-refractivity contribution in [1.82, 2.24) is 15.0 Å². The van der Waals surface area contributed by atoms with Crippen LogP contribution in [-0.2, 0) is 0 Å². The smallest absolute Gasteiger partial charge is 0.252 e. The lowest BCUT2D eigenvalue weighted by atomic mass is 9.88.